The van der Waals surface area contributed by atoms with Crippen molar-refractivity contribution in [2.75, 3.05) is 0 Å². The number of carbonyl (C=O) groups excluding carboxylic acids is 2. The molecule has 4 N–H and O–H groups in total. The van der Waals surface area contributed by atoms with Gasteiger partial charge in [0.25, 0.3) is 0 Å². The SMILES string of the molecule is CCC(C)NC(=O)C(C)NC(=O)C(C)(C)N.Cl. The van der Waals surface area contributed by atoms with Crippen molar-refractivity contribution in [2.45, 2.75) is 58.7 Å². The third-order valence-electron chi connectivity index (χ3n) is 2.33. The van der Waals surface area contributed by atoms with E-state index >= 15 is 0 Å². The van der Waals surface area contributed by atoms with Gasteiger partial charge in [-0.15, -0.1) is 12.4 Å². The van der Waals surface area contributed by atoms with Crippen LogP contribution in [0.25, 0.3) is 0 Å². The number of hydrogen-bond acceptors (Lipinski definition) is 3. The maximum absolute atomic E-state index is 11.6. The molecule has 0 aromatic rings. The van der Waals surface area contributed by atoms with E-state index in [9.17, 15) is 9.59 Å². The minimum Gasteiger partial charge on any atom is -0.352 e. The van der Waals surface area contributed by atoms with E-state index in [0.717, 1.165) is 6.42 Å². The second kappa shape index (κ2) is 7.50. The van der Waals surface area contributed by atoms with Crippen LogP contribution in [0.15, 0.2) is 0 Å². The van der Waals surface area contributed by atoms with Crippen LogP contribution >= 0.6 is 12.4 Å². The highest BCUT2D eigenvalue weighted by atomic mass is 35.5. The number of halogens is 1. The number of hydrogen-bond donors (Lipinski definition) is 3. The van der Waals surface area contributed by atoms with E-state index in [4.69, 9.17) is 5.73 Å². The van der Waals surface area contributed by atoms with Crippen LogP contribution in [0.4, 0.5) is 0 Å². The lowest BCUT2D eigenvalue weighted by molar-refractivity contribution is -0.131. The van der Waals surface area contributed by atoms with E-state index in [1.165, 1.54) is 0 Å². The monoisotopic (exact) mass is 265 g/mol. The van der Waals surface area contributed by atoms with Gasteiger partial charge in [-0.3, -0.25) is 9.59 Å². The van der Waals surface area contributed by atoms with Crippen molar-refractivity contribution in [3.63, 3.8) is 0 Å². The zero-order chi connectivity index (χ0) is 12.9. The Bertz CT molecular complexity index is 264. The van der Waals surface area contributed by atoms with E-state index < -0.39 is 11.6 Å². The molecule has 5 nitrogen and oxygen atoms in total. The summed E-state index contributed by atoms with van der Waals surface area (Å²) in [5, 5.41) is 5.36. The first-order valence-electron chi connectivity index (χ1n) is 5.58. The molecule has 0 aliphatic carbocycles. The largest absolute Gasteiger partial charge is 0.352 e. The molecule has 0 spiro atoms. The Kier molecular flexibility index (Phi) is 8.19. The molecular formula is C11H24ClN3O2. The molecule has 0 saturated carbocycles. The van der Waals surface area contributed by atoms with Crippen molar-refractivity contribution in [1.82, 2.24) is 10.6 Å². The summed E-state index contributed by atoms with van der Waals surface area (Å²) >= 11 is 0. The number of carbonyl (C=O) groups is 2. The van der Waals surface area contributed by atoms with E-state index in [-0.39, 0.29) is 30.3 Å². The number of amides is 2. The van der Waals surface area contributed by atoms with E-state index in [2.05, 4.69) is 10.6 Å². The van der Waals surface area contributed by atoms with Gasteiger partial charge >= 0.3 is 0 Å². The third-order valence-corrected chi connectivity index (χ3v) is 2.33. The molecule has 2 atom stereocenters. The fourth-order valence-electron chi connectivity index (χ4n) is 0.918. The van der Waals surface area contributed by atoms with Crippen molar-refractivity contribution in [2.24, 2.45) is 5.73 Å². The Labute approximate surface area is 109 Å². The average Bonchev–Trinajstić information content (AvgIpc) is 2.15. The molecule has 0 aliphatic heterocycles. The first kappa shape index (κ1) is 18.6. The van der Waals surface area contributed by atoms with Crippen LogP contribution in [0.3, 0.4) is 0 Å². The zero-order valence-electron chi connectivity index (χ0n) is 11.2. The van der Waals surface area contributed by atoms with Crippen LogP contribution in [-0.2, 0) is 9.59 Å². The van der Waals surface area contributed by atoms with Crippen molar-refractivity contribution in [3.8, 4) is 0 Å². The van der Waals surface area contributed by atoms with Crippen molar-refractivity contribution < 1.29 is 9.59 Å². The van der Waals surface area contributed by atoms with Crippen molar-refractivity contribution >= 4 is 24.2 Å². The maximum Gasteiger partial charge on any atom is 0.242 e. The molecule has 0 rings (SSSR count). The molecule has 2 amide bonds. The predicted molar refractivity (Wildman–Crippen MR) is 71.0 cm³/mol. The van der Waals surface area contributed by atoms with Crippen LogP contribution in [-0.4, -0.2) is 29.4 Å². The molecule has 0 saturated heterocycles. The Morgan fingerprint density at radius 1 is 1.24 bits per heavy atom. The summed E-state index contributed by atoms with van der Waals surface area (Å²) in [6, 6.07) is -0.456. The standard InChI is InChI=1S/C11H23N3O2.ClH/c1-6-7(2)13-9(15)8(3)14-10(16)11(4,5)12;/h7-8H,6,12H2,1-5H3,(H,13,15)(H,14,16);1H. The predicted octanol–water partition coefficient (Wildman–Crippen LogP) is 0.565. The Balaban J connectivity index is 0. The smallest absolute Gasteiger partial charge is 0.242 e. The quantitative estimate of drug-likeness (QED) is 0.679. The molecule has 0 heterocycles. The molecule has 0 aromatic heterocycles. The molecule has 0 fully saturated rings. The van der Waals surface area contributed by atoms with Gasteiger partial charge in [0.05, 0.1) is 5.54 Å². The van der Waals surface area contributed by atoms with E-state index in [1.54, 1.807) is 20.8 Å². The highest BCUT2D eigenvalue weighted by Gasteiger charge is 2.25. The van der Waals surface area contributed by atoms with E-state index in [0.29, 0.717) is 0 Å². The Hall–Kier alpha value is -0.810. The summed E-state index contributed by atoms with van der Waals surface area (Å²) in [5.74, 6) is -0.522. The molecule has 0 radical (unpaired) electrons. The fraction of sp³-hybridized carbons (Fsp3) is 0.818. The second-order valence-electron chi connectivity index (χ2n) is 4.73. The van der Waals surface area contributed by atoms with Gasteiger partial charge < -0.3 is 16.4 Å². The number of nitrogens with two attached hydrogens (primary N) is 1. The molecule has 2 unspecified atom stereocenters. The normalized spacial score (nSPS) is 14.2. The lowest BCUT2D eigenvalue weighted by Gasteiger charge is -2.22. The van der Waals surface area contributed by atoms with Gasteiger partial charge in [-0.1, -0.05) is 6.92 Å². The van der Waals surface area contributed by atoms with Crippen molar-refractivity contribution in [3.05, 3.63) is 0 Å². The van der Waals surface area contributed by atoms with Gasteiger partial charge in [0.1, 0.15) is 6.04 Å². The van der Waals surface area contributed by atoms with Crippen LogP contribution in [0.5, 0.6) is 0 Å². The molecular weight excluding hydrogens is 242 g/mol. The summed E-state index contributed by atoms with van der Waals surface area (Å²) in [6.45, 7) is 8.74. The summed E-state index contributed by atoms with van der Waals surface area (Å²) in [7, 11) is 0. The minimum atomic E-state index is -0.967. The minimum absolute atomic E-state index is 0. The molecule has 17 heavy (non-hydrogen) atoms. The lowest BCUT2D eigenvalue weighted by Crippen LogP contribution is -2.55. The number of rotatable bonds is 5. The first-order chi connectivity index (χ1) is 7.18. The topological polar surface area (TPSA) is 84.2 Å². The summed E-state index contributed by atoms with van der Waals surface area (Å²) in [5.41, 5.74) is 4.64. The third kappa shape index (κ3) is 7.18. The molecule has 6 heteroatoms. The van der Waals surface area contributed by atoms with Gasteiger partial charge in [-0.2, -0.15) is 0 Å². The Morgan fingerprint density at radius 3 is 2.06 bits per heavy atom. The number of nitrogens with one attached hydrogen (secondary N) is 2. The van der Waals surface area contributed by atoms with Gasteiger partial charge in [0, 0.05) is 6.04 Å². The Morgan fingerprint density at radius 2 is 1.71 bits per heavy atom. The highest BCUT2D eigenvalue weighted by Crippen LogP contribution is 1.98. The van der Waals surface area contributed by atoms with Crippen LogP contribution < -0.4 is 16.4 Å². The van der Waals surface area contributed by atoms with Gasteiger partial charge in [-0.25, -0.2) is 0 Å². The van der Waals surface area contributed by atoms with Crippen LogP contribution in [0.1, 0.15) is 41.0 Å². The van der Waals surface area contributed by atoms with Gasteiger partial charge in [0.15, 0.2) is 0 Å². The lowest BCUT2D eigenvalue weighted by atomic mass is 10.1. The summed E-state index contributed by atoms with van der Waals surface area (Å²) in [6.07, 6.45) is 0.856. The molecule has 102 valence electrons. The second-order valence-corrected chi connectivity index (χ2v) is 4.73. The fourth-order valence-corrected chi connectivity index (χ4v) is 0.918. The molecule has 0 bridgehead atoms. The highest BCUT2D eigenvalue weighted by molar-refractivity contribution is 5.91. The summed E-state index contributed by atoms with van der Waals surface area (Å²) in [4.78, 5) is 23.1. The van der Waals surface area contributed by atoms with Gasteiger partial charge in [0.2, 0.25) is 11.8 Å². The zero-order valence-corrected chi connectivity index (χ0v) is 12.0. The van der Waals surface area contributed by atoms with Crippen LogP contribution in [0.2, 0.25) is 0 Å². The average molecular weight is 266 g/mol. The molecule has 0 aromatic carbocycles. The summed E-state index contributed by atoms with van der Waals surface area (Å²) < 4.78 is 0. The molecule has 0 aliphatic rings. The van der Waals surface area contributed by atoms with Crippen LogP contribution in [0, 0.1) is 0 Å². The van der Waals surface area contributed by atoms with Gasteiger partial charge in [-0.05, 0) is 34.1 Å². The van der Waals surface area contributed by atoms with Crippen molar-refractivity contribution in [1.29, 1.82) is 0 Å². The van der Waals surface area contributed by atoms with E-state index in [1.807, 2.05) is 13.8 Å². The maximum atomic E-state index is 11.6. The first-order valence-corrected chi connectivity index (χ1v) is 5.58.